The van der Waals surface area contributed by atoms with Crippen molar-refractivity contribution in [1.29, 1.82) is 0 Å². The monoisotopic (exact) mass is 701 g/mol. The van der Waals surface area contributed by atoms with Gasteiger partial charge in [-0.25, -0.2) is 13.2 Å². The van der Waals surface area contributed by atoms with Crippen LogP contribution in [0.5, 0.6) is 0 Å². The fraction of sp³-hybridized carbons (Fsp3) is 0.316. The van der Waals surface area contributed by atoms with Gasteiger partial charge in [0.2, 0.25) is 5.91 Å². The molecule has 3 atom stereocenters. The maximum absolute atomic E-state index is 13.9. The first kappa shape index (κ1) is 36.1. The third-order valence-electron chi connectivity index (χ3n) is 8.48. The minimum atomic E-state index is -3.27. The van der Waals surface area contributed by atoms with E-state index in [0.717, 1.165) is 28.0 Å². The van der Waals surface area contributed by atoms with Gasteiger partial charge >= 0.3 is 6.09 Å². The predicted molar refractivity (Wildman–Crippen MR) is 194 cm³/mol. The van der Waals surface area contributed by atoms with Crippen LogP contribution in [0.25, 0.3) is 0 Å². The molecule has 1 aliphatic rings. The third-order valence-corrected chi connectivity index (χ3v) is 10.7. The molecule has 258 valence electrons. The van der Waals surface area contributed by atoms with Crippen LogP contribution in [-0.2, 0) is 30.5 Å². The highest BCUT2D eigenvalue weighted by Crippen LogP contribution is 2.30. The number of hydrogen-bond donors (Lipinski definition) is 3. The highest BCUT2D eigenvalue weighted by Gasteiger charge is 2.28. The Morgan fingerprint density at radius 1 is 0.898 bits per heavy atom. The van der Waals surface area contributed by atoms with Gasteiger partial charge < -0.3 is 25.4 Å². The van der Waals surface area contributed by atoms with Crippen LogP contribution in [-0.4, -0.2) is 70.9 Å². The van der Waals surface area contributed by atoms with Crippen LogP contribution in [0.4, 0.5) is 10.5 Å². The zero-order chi connectivity index (χ0) is 34.6. The smallest absolute Gasteiger partial charge is 0.407 e. The predicted octanol–water partition coefficient (Wildman–Crippen LogP) is 6.06. The highest BCUT2D eigenvalue weighted by molar-refractivity contribution is 7.99. The molecule has 49 heavy (non-hydrogen) atoms. The van der Waals surface area contributed by atoms with Gasteiger partial charge in [0.1, 0.15) is 6.04 Å². The van der Waals surface area contributed by atoms with Crippen LogP contribution in [0.1, 0.15) is 35.4 Å². The number of anilines is 1. The molecule has 11 heteroatoms. The second-order valence-corrected chi connectivity index (χ2v) is 15.2. The maximum Gasteiger partial charge on any atom is 0.407 e. The Morgan fingerprint density at radius 2 is 1.55 bits per heavy atom. The molecule has 1 heterocycles. The lowest BCUT2D eigenvalue weighted by Gasteiger charge is -2.31. The van der Waals surface area contributed by atoms with Crippen molar-refractivity contribution in [3.63, 3.8) is 0 Å². The molecular weight excluding hydrogens is 659 g/mol. The SMILES string of the molecule is COC(=O)NC(CC(c1ccccc1)c1ccccc1)C(=O)Nc1ccccc1CCC1CNCC(CSc2cccc(S(C)(=O)=O)c2)O1. The summed E-state index contributed by atoms with van der Waals surface area (Å²) >= 11 is 1.58. The molecule has 3 unspecified atom stereocenters. The Labute approximate surface area is 293 Å². The van der Waals surface area contributed by atoms with Gasteiger partial charge in [-0.05, 0) is 60.2 Å². The van der Waals surface area contributed by atoms with E-state index in [-0.39, 0.29) is 24.0 Å². The molecule has 4 aromatic carbocycles. The largest absolute Gasteiger partial charge is 0.453 e. The third kappa shape index (κ3) is 10.7. The molecule has 2 amide bonds. The van der Waals surface area contributed by atoms with Gasteiger partial charge in [0.15, 0.2) is 9.84 Å². The fourth-order valence-electron chi connectivity index (χ4n) is 5.93. The van der Waals surface area contributed by atoms with E-state index in [1.165, 1.54) is 13.4 Å². The van der Waals surface area contributed by atoms with Crippen molar-refractivity contribution in [2.24, 2.45) is 0 Å². The summed E-state index contributed by atoms with van der Waals surface area (Å²) in [6.45, 7) is 1.42. The average Bonchev–Trinajstić information content (AvgIpc) is 3.12. The molecule has 1 aliphatic heterocycles. The maximum atomic E-state index is 13.9. The zero-order valence-electron chi connectivity index (χ0n) is 27.7. The molecule has 0 radical (unpaired) electrons. The highest BCUT2D eigenvalue weighted by atomic mass is 32.2. The number of aryl methyl sites for hydroxylation is 1. The number of benzene rings is 4. The number of rotatable bonds is 14. The first-order valence-electron chi connectivity index (χ1n) is 16.3. The molecule has 1 saturated heterocycles. The summed E-state index contributed by atoms with van der Waals surface area (Å²) in [6, 6.07) is 33.7. The summed E-state index contributed by atoms with van der Waals surface area (Å²) in [7, 11) is -1.98. The lowest BCUT2D eigenvalue weighted by atomic mass is 9.85. The number of thioether (sulfide) groups is 1. The standard InChI is InChI=1S/C38H43N3O6S2/c1-46-38(43)41-36(23-34(27-12-5-3-6-13-27)28-14-7-4-8-15-28)37(42)40-35-19-10-9-16-29(35)20-21-30-24-39-25-31(47-30)26-48-32-17-11-18-33(22-32)49(2,44)45/h3-19,22,30-31,34,36,39H,20-21,23-26H2,1-2H3,(H,40,42)(H,41,43). The van der Waals surface area contributed by atoms with Crippen molar-refractivity contribution in [2.75, 3.05) is 37.5 Å². The van der Waals surface area contributed by atoms with E-state index < -0.39 is 22.0 Å². The van der Waals surface area contributed by atoms with Crippen molar-refractivity contribution >= 4 is 39.3 Å². The molecule has 5 rings (SSSR count). The molecule has 3 N–H and O–H groups in total. The molecule has 0 aliphatic carbocycles. The van der Waals surface area contributed by atoms with Gasteiger partial charge in [-0.3, -0.25) is 4.79 Å². The number of amides is 2. The number of sulfone groups is 1. The second-order valence-electron chi connectivity index (χ2n) is 12.1. The Bertz CT molecular complexity index is 1750. The minimum absolute atomic E-state index is 0.0308. The summed E-state index contributed by atoms with van der Waals surface area (Å²) in [5, 5.41) is 9.32. The number of para-hydroxylation sites is 1. The van der Waals surface area contributed by atoms with Crippen LogP contribution in [0.2, 0.25) is 0 Å². The van der Waals surface area contributed by atoms with E-state index in [1.54, 1.807) is 30.0 Å². The van der Waals surface area contributed by atoms with E-state index in [2.05, 4.69) is 16.0 Å². The van der Waals surface area contributed by atoms with Gasteiger partial charge in [-0.1, -0.05) is 84.9 Å². The number of morpholine rings is 1. The van der Waals surface area contributed by atoms with Crippen LogP contribution < -0.4 is 16.0 Å². The number of methoxy groups -OCH3 is 1. The normalized spacial score (nSPS) is 16.9. The molecular formula is C38H43N3O6S2. The lowest BCUT2D eigenvalue weighted by Crippen LogP contribution is -2.46. The average molecular weight is 702 g/mol. The number of ether oxygens (including phenoxy) is 2. The van der Waals surface area contributed by atoms with Crippen LogP contribution in [0, 0.1) is 0 Å². The fourth-order valence-corrected chi connectivity index (χ4v) is 7.63. The Hall–Kier alpha value is -4.16. The molecule has 0 aromatic heterocycles. The topological polar surface area (TPSA) is 123 Å². The number of hydrogen-bond acceptors (Lipinski definition) is 8. The Kier molecular flexibility index (Phi) is 12.9. The first-order chi connectivity index (χ1) is 23.7. The van der Waals surface area contributed by atoms with Gasteiger partial charge in [-0.2, -0.15) is 0 Å². The van der Waals surface area contributed by atoms with Crippen molar-refractivity contribution in [3.05, 3.63) is 126 Å². The number of alkyl carbamates (subject to hydrolysis) is 1. The van der Waals surface area contributed by atoms with E-state index in [1.807, 2.05) is 91.0 Å². The number of nitrogens with one attached hydrogen (secondary N) is 3. The van der Waals surface area contributed by atoms with E-state index in [9.17, 15) is 18.0 Å². The van der Waals surface area contributed by atoms with Crippen LogP contribution in [0.15, 0.2) is 119 Å². The summed E-state index contributed by atoms with van der Waals surface area (Å²) in [6.07, 6.45) is 2.21. The zero-order valence-corrected chi connectivity index (χ0v) is 29.3. The van der Waals surface area contributed by atoms with Crippen LogP contribution in [0.3, 0.4) is 0 Å². The minimum Gasteiger partial charge on any atom is -0.453 e. The van der Waals surface area contributed by atoms with Crippen molar-refractivity contribution in [1.82, 2.24) is 10.6 Å². The van der Waals surface area contributed by atoms with Crippen molar-refractivity contribution in [3.8, 4) is 0 Å². The molecule has 0 bridgehead atoms. The van der Waals surface area contributed by atoms with Gasteiger partial charge in [0.25, 0.3) is 0 Å². The molecule has 1 fully saturated rings. The summed E-state index contributed by atoms with van der Waals surface area (Å²) in [5.41, 5.74) is 3.73. The number of carbonyl (C=O) groups is 2. The lowest BCUT2D eigenvalue weighted by molar-refractivity contribution is -0.118. The van der Waals surface area contributed by atoms with Crippen molar-refractivity contribution < 1.29 is 27.5 Å². The summed E-state index contributed by atoms with van der Waals surface area (Å²) < 4.78 is 35.2. The van der Waals surface area contributed by atoms with Gasteiger partial charge in [-0.15, -0.1) is 11.8 Å². The molecule has 0 spiro atoms. The summed E-state index contributed by atoms with van der Waals surface area (Å²) in [4.78, 5) is 27.5. The van der Waals surface area contributed by atoms with Gasteiger partial charge in [0, 0.05) is 41.6 Å². The van der Waals surface area contributed by atoms with E-state index in [4.69, 9.17) is 9.47 Å². The van der Waals surface area contributed by atoms with Crippen molar-refractivity contribution in [2.45, 2.75) is 53.2 Å². The quantitative estimate of drug-likeness (QED) is 0.136. The number of carbonyl (C=O) groups excluding carboxylic acids is 2. The van der Waals surface area contributed by atoms with E-state index >= 15 is 0 Å². The molecule has 4 aromatic rings. The van der Waals surface area contributed by atoms with E-state index in [0.29, 0.717) is 42.3 Å². The molecule has 0 saturated carbocycles. The Morgan fingerprint density at radius 3 is 2.22 bits per heavy atom. The first-order valence-corrected chi connectivity index (χ1v) is 19.2. The summed E-state index contributed by atoms with van der Waals surface area (Å²) in [5.74, 6) is 0.212. The second kappa shape index (κ2) is 17.5. The Balaban J connectivity index is 1.23. The van der Waals surface area contributed by atoms with Gasteiger partial charge in [0.05, 0.1) is 24.2 Å². The molecule has 9 nitrogen and oxygen atoms in total. The van der Waals surface area contributed by atoms with Crippen LogP contribution >= 0.6 is 11.8 Å².